The third kappa shape index (κ3) is 7.74. The summed E-state index contributed by atoms with van der Waals surface area (Å²) < 4.78 is 1.27. The van der Waals surface area contributed by atoms with Gasteiger partial charge < -0.3 is 16.4 Å². The molecule has 0 bridgehead atoms. The Kier molecular flexibility index (Phi) is 11.6. The average Bonchev–Trinajstić information content (AvgIpc) is 3.92. The molecule has 72 heavy (non-hydrogen) atoms. The second-order valence-electron chi connectivity index (χ2n) is 18.5. The highest BCUT2D eigenvalue weighted by molar-refractivity contribution is 7.19. The van der Waals surface area contributed by atoms with Crippen LogP contribution < -0.4 is 16.4 Å². The molecule has 13 rings (SSSR count). The first-order valence-electron chi connectivity index (χ1n) is 24.5. The molecule has 2 aliphatic rings. The van der Waals surface area contributed by atoms with E-state index in [1.54, 1.807) is 11.3 Å². The molecule has 0 fully saturated rings. The lowest BCUT2D eigenvalue weighted by Gasteiger charge is -2.45. The molecule has 6 heteroatoms. The van der Waals surface area contributed by atoms with Gasteiger partial charge in [-0.3, -0.25) is 4.99 Å². The van der Waals surface area contributed by atoms with E-state index in [1.807, 2.05) is 54.6 Å². The number of nitrogen functional groups attached to an aromatic ring is 1. The summed E-state index contributed by atoms with van der Waals surface area (Å²) in [5.74, 6) is 1.05. The number of nitrogens with two attached hydrogens (primary N) is 2. The van der Waals surface area contributed by atoms with Gasteiger partial charge in [0, 0.05) is 38.2 Å². The van der Waals surface area contributed by atoms with E-state index in [-0.39, 0.29) is 0 Å². The fourth-order valence-electron chi connectivity index (χ4n) is 11.0. The Labute approximate surface area is 424 Å². The molecule has 5 nitrogen and oxygen atoms in total. The van der Waals surface area contributed by atoms with Gasteiger partial charge in [-0.15, -0.1) is 11.3 Å². The molecule has 346 valence electrons. The lowest BCUT2D eigenvalue weighted by atomic mass is 9.64. The van der Waals surface area contributed by atoms with Crippen molar-refractivity contribution in [2.75, 3.05) is 10.6 Å². The van der Waals surface area contributed by atoms with Crippen molar-refractivity contribution >= 4 is 66.6 Å². The SMILES string of the molecule is Cc1ccc2c(c1)-c1c(C(N)=NC(=NCc3ccccc3)c3ccccc3)cccc1C21c2ccccc2N(c2ccccc2)c2ccccc21.Nc1c(Cc2cccc3ccccc23)sc2ccccc12. The van der Waals surface area contributed by atoms with Gasteiger partial charge in [-0.2, -0.15) is 0 Å². The zero-order valence-corrected chi connectivity index (χ0v) is 40.7. The van der Waals surface area contributed by atoms with Crippen LogP contribution in [-0.4, -0.2) is 11.7 Å². The fourth-order valence-corrected chi connectivity index (χ4v) is 12.1. The van der Waals surface area contributed by atoms with E-state index >= 15 is 0 Å². The number of rotatable bonds is 7. The standard InChI is InChI=1S/C47H36N4.C19H15NS/c1-32-28-29-38-37(30-32)44-36(45(48)50-46(34-18-7-3-8-19-34)49-31-33-16-5-2-6-17-33)22-15-25-41(44)47(38)39-23-11-13-26-42(39)51(35-20-9-4-10-21-35)43-27-14-12-24-40(43)47;20-19-16-10-3-4-11-17(16)21-18(19)12-14-8-5-7-13-6-1-2-9-15(13)14/h2-30H,31H2,1H3,(H2,48,49,50);1-11H,12,20H2. The zero-order valence-electron chi connectivity index (χ0n) is 39.9. The second kappa shape index (κ2) is 18.8. The molecule has 0 amide bonds. The van der Waals surface area contributed by atoms with E-state index in [2.05, 4.69) is 200 Å². The molecular formula is C66H51N5S. The number of anilines is 4. The average molecular weight is 946 g/mol. The predicted molar refractivity (Wildman–Crippen MR) is 304 cm³/mol. The number of para-hydroxylation sites is 3. The molecular weight excluding hydrogens is 895 g/mol. The van der Waals surface area contributed by atoms with Crippen LogP contribution in [0.1, 0.15) is 54.9 Å². The minimum atomic E-state index is -0.573. The van der Waals surface area contributed by atoms with E-state index in [9.17, 15) is 0 Å². The van der Waals surface area contributed by atoms with Crippen molar-refractivity contribution in [2.24, 2.45) is 15.7 Å². The molecule has 2 heterocycles. The predicted octanol–water partition coefficient (Wildman–Crippen LogP) is 15.7. The Morgan fingerprint density at radius 3 is 1.89 bits per heavy atom. The summed E-state index contributed by atoms with van der Waals surface area (Å²) in [5.41, 5.74) is 30.0. The molecule has 0 saturated carbocycles. The summed E-state index contributed by atoms with van der Waals surface area (Å²) in [6, 6.07) is 85.5. The highest BCUT2D eigenvalue weighted by Gasteiger charge is 2.52. The van der Waals surface area contributed by atoms with Crippen molar-refractivity contribution in [1.29, 1.82) is 0 Å². The normalized spacial score (nSPS) is 13.3. The van der Waals surface area contributed by atoms with Crippen LogP contribution in [0, 0.1) is 6.92 Å². The molecule has 11 aromatic rings. The van der Waals surface area contributed by atoms with Gasteiger partial charge in [-0.05, 0) is 92.5 Å². The number of hydrogen-bond acceptors (Lipinski definition) is 4. The fraction of sp³-hybridized carbons (Fsp3) is 0.0606. The van der Waals surface area contributed by atoms with Gasteiger partial charge >= 0.3 is 0 Å². The number of amidine groups is 2. The summed E-state index contributed by atoms with van der Waals surface area (Å²) in [4.78, 5) is 13.8. The van der Waals surface area contributed by atoms with Crippen molar-refractivity contribution < 1.29 is 0 Å². The van der Waals surface area contributed by atoms with Crippen molar-refractivity contribution in [3.63, 3.8) is 0 Å². The molecule has 0 saturated heterocycles. The number of thiophene rings is 1. The molecule has 1 aliphatic carbocycles. The van der Waals surface area contributed by atoms with Crippen LogP contribution >= 0.6 is 11.3 Å². The first kappa shape index (κ1) is 44.4. The molecule has 4 N–H and O–H groups in total. The van der Waals surface area contributed by atoms with Crippen molar-refractivity contribution in [2.45, 2.75) is 25.3 Å². The van der Waals surface area contributed by atoms with Gasteiger partial charge in [0.25, 0.3) is 0 Å². The van der Waals surface area contributed by atoms with E-state index in [0.29, 0.717) is 18.2 Å². The van der Waals surface area contributed by atoms with Crippen molar-refractivity contribution in [3.05, 3.63) is 298 Å². The van der Waals surface area contributed by atoms with Crippen LogP contribution in [0.2, 0.25) is 0 Å². The Morgan fingerprint density at radius 1 is 0.556 bits per heavy atom. The van der Waals surface area contributed by atoms with Gasteiger partial charge in [-0.1, -0.05) is 218 Å². The van der Waals surface area contributed by atoms with E-state index in [0.717, 1.165) is 51.4 Å². The van der Waals surface area contributed by atoms with Gasteiger partial charge in [0.05, 0.1) is 29.0 Å². The number of fused-ring (bicyclic) bond motifs is 11. The lowest BCUT2D eigenvalue weighted by Crippen LogP contribution is -2.36. The van der Waals surface area contributed by atoms with Crippen LogP contribution in [-0.2, 0) is 18.4 Å². The lowest BCUT2D eigenvalue weighted by molar-refractivity contribution is 0.752. The minimum Gasteiger partial charge on any atom is -0.397 e. The van der Waals surface area contributed by atoms with Crippen molar-refractivity contribution in [1.82, 2.24) is 0 Å². The summed E-state index contributed by atoms with van der Waals surface area (Å²) in [7, 11) is 0. The van der Waals surface area contributed by atoms with Crippen LogP contribution in [0.3, 0.4) is 0 Å². The zero-order chi connectivity index (χ0) is 48.6. The molecule has 1 aliphatic heterocycles. The first-order valence-corrected chi connectivity index (χ1v) is 25.3. The summed E-state index contributed by atoms with van der Waals surface area (Å²) in [6.07, 6.45) is 0.895. The maximum absolute atomic E-state index is 7.14. The third-order valence-corrected chi connectivity index (χ3v) is 15.3. The summed E-state index contributed by atoms with van der Waals surface area (Å²) in [5, 5.41) is 3.78. The largest absolute Gasteiger partial charge is 0.397 e. The quantitative estimate of drug-likeness (QED) is 0.123. The van der Waals surface area contributed by atoms with Gasteiger partial charge in [-0.25, -0.2) is 4.99 Å². The van der Waals surface area contributed by atoms with Crippen LogP contribution in [0.15, 0.2) is 253 Å². The maximum atomic E-state index is 7.14. The number of benzene rings is 10. The summed E-state index contributed by atoms with van der Waals surface area (Å²) >= 11 is 1.80. The van der Waals surface area contributed by atoms with E-state index < -0.39 is 5.41 Å². The molecule has 0 radical (unpaired) electrons. The monoisotopic (exact) mass is 945 g/mol. The van der Waals surface area contributed by atoms with Gasteiger partial charge in [0.1, 0.15) is 5.84 Å². The Hall–Kier alpha value is -8.84. The third-order valence-electron chi connectivity index (χ3n) is 14.2. The first-order chi connectivity index (χ1) is 35.5. The summed E-state index contributed by atoms with van der Waals surface area (Å²) in [6.45, 7) is 2.67. The molecule has 10 aromatic carbocycles. The Morgan fingerprint density at radius 2 is 1.15 bits per heavy atom. The van der Waals surface area contributed by atoms with E-state index in [4.69, 9.17) is 21.5 Å². The van der Waals surface area contributed by atoms with Crippen molar-refractivity contribution in [3.8, 4) is 11.1 Å². The highest BCUT2D eigenvalue weighted by Crippen LogP contribution is 2.64. The Balaban J connectivity index is 0.000000209. The smallest absolute Gasteiger partial charge is 0.157 e. The number of aliphatic imine (C=N–C) groups is 2. The Bertz CT molecular complexity index is 3800. The number of aryl methyl sites for hydroxylation is 1. The van der Waals surface area contributed by atoms with Gasteiger partial charge in [0.2, 0.25) is 0 Å². The molecule has 0 atom stereocenters. The number of nitrogens with zero attached hydrogens (tertiary/aromatic N) is 3. The molecule has 0 unspecified atom stereocenters. The van der Waals surface area contributed by atoms with Gasteiger partial charge in [0.15, 0.2) is 5.84 Å². The maximum Gasteiger partial charge on any atom is 0.157 e. The minimum absolute atomic E-state index is 0.440. The second-order valence-corrected chi connectivity index (χ2v) is 19.6. The molecule has 1 aromatic heterocycles. The van der Waals surface area contributed by atoms with E-state index in [1.165, 1.54) is 64.7 Å². The number of hydrogen-bond donors (Lipinski definition) is 2. The molecule has 1 spiro atoms. The van der Waals surface area contributed by atoms with Crippen LogP contribution in [0.25, 0.3) is 32.0 Å². The highest BCUT2D eigenvalue weighted by atomic mass is 32.1. The topological polar surface area (TPSA) is 80.0 Å². The van der Waals surface area contributed by atoms with Crippen LogP contribution in [0.4, 0.5) is 22.7 Å². The van der Waals surface area contributed by atoms with Crippen LogP contribution in [0.5, 0.6) is 0 Å².